The van der Waals surface area contributed by atoms with Crippen LogP contribution in [0.15, 0.2) is 53.2 Å². The van der Waals surface area contributed by atoms with Crippen molar-refractivity contribution in [2.75, 3.05) is 10.7 Å². The summed E-state index contributed by atoms with van der Waals surface area (Å²) in [6.07, 6.45) is 1.81. The summed E-state index contributed by atoms with van der Waals surface area (Å²) in [6, 6.07) is 12.5. The second kappa shape index (κ2) is 9.94. The molecule has 0 bridgehead atoms. The van der Waals surface area contributed by atoms with E-state index in [2.05, 4.69) is 9.73 Å². The zero-order valence-electron chi connectivity index (χ0n) is 15.2. The van der Waals surface area contributed by atoms with Gasteiger partial charge in [0, 0.05) is 22.2 Å². The van der Waals surface area contributed by atoms with E-state index in [1.165, 1.54) is 40.9 Å². The zero-order chi connectivity index (χ0) is 21.7. The lowest BCUT2D eigenvalue weighted by Crippen LogP contribution is -2.30. The van der Waals surface area contributed by atoms with Gasteiger partial charge in [0.1, 0.15) is 11.4 Å². The maximum atomic E-state index is 13.0. The van der Waals surface area contributed by atoms with Crippen LogP contribution >= 0.6 is 35.0 Å². The second-order valence-corrected chi connectivity index (χ2v) is 7.77. The number of amides is 1. The lowest BCUT2D eigenvalue weighted by Gasteiger charge is -2.18. The van der Waals surface area contributed by atoms with Gasteiger partial charge in [0.15, 0.2) is 5.17 Å². The van der Waals surface area contributed by atoms with Gasteiger partial charge in [0.25, 0.3) is 5.91 Å². The highest BCUT2D eigenvalue weighted by Crippen LogP contribution is 2.32. The first-order valence-corrected chi connectivity index (χ1v) is 10.3. The van der Waals surface area contributed by atoms with E-state index in [9.17, 15) is 13.6 Å². The monoisotopic (exact) mass is 467 g/mol. The molecule has 5 nitrogen and oxygen atoms in total. The first-order valence-electron chi connectivity index (χ1n) is 8.53. The fourth-order valence-electron chi connectivity index (χ4n) is 2.55. The number of rotatable bonds is 6. The summed E-state index contributed by atoms with van der Waals surface area (Å²) in [4.78, 5) is 18.8. The van der Waals surface area contributed by atoms with E-state index in [1.807, 2.05) is 6.07 Å². The Balaban J connectivity index is 1.93. The third-order valence-corrected chi connectivity index (χ3v) is 5.35. The molecule has 10 heteroatoms. The molecule has 0 aromatic heterocycles. The molecule has 1 heterocycles. The summed E-state index contributed by atoms with van der Waals surface area (Å²) in [6.45, 7) is -2.94. The number of ether oxygens (including phenoxy) is 1. The smallest absolute Gasteiger partial charge is 0.387 e. The normalized spacial score (nSPS) is 14.9. The molecular formula is C20H13Cl2F2N3O2S. The lowest BCUT2D eigenvalue weighted by atomic mass is 10.2. The molecule has 2 aromatic rings. The summed E-state index contributed by atoms with van der Waals surface area (Å²) >= 11 is 13.3. The average Bonchev–Trinajstić information content (AvgIpc) is 3.00. The molecule has 0 spiro atoms. The largest absolute Gasteiger partial charge is 0.435 e. The Kier molecular flexibility index (Phi) is 7.32. The Morgan fingerprint density at radius 1 is 1.23 bits per heavy atom. The lowest BCUT2D eigenvalue weighted by molar-refractivity contribution is -0.113. The third kappa shape index (κ3) is 5.30. The van der Waals surface area contributed by atoms with Gasteiger partial charge in [0.2, 0.25) is 0 Å². The van der Waals surface area contributed by atoms with Crippen LogP contribution in [0, 0.1) is 11.3 Å². The van der Waals surface area contributed by atoms with E-state index in [0.29, 0.717) is 32.2 Å². The SMILES string of the molecule is N#CCCSC1=N/C(=C/c2ccc(Cl)cc2Cl)C(=O)N1c1ccc(OC(F)F)cc1. The number of nitriles is 1. The molecule has 0 unspecified atom stereocenters. The summed E-state index contributed by atoms with van der Waals surface area (Å²) in [5.41, 5.74) is 1.14. The Hall–Kier alpha value is -2.60. The van der Waals surface area contributed by atoms with E-state index in [0.717, 1.165) is 0 Å². The number of anilines is 1. The Morgan fingerprint density at radius 2 is 1.97 bits per heavy atom. The van der Waals surface area contributed by atoms with Crippen LogP contribution in [0.2, 0.25) is 10.0 Å². The zero-order valence-corrected chi connectivity index (χ0v) is 17.5. The van der Waals surface area contributed by atoms with Crippen molar-refractivity contribution in [3.05, 3.63) is 63.8 Å². The minimum atomic E-state index is -2.94. The average molecular weight is 468 g/mol. The van der Waals surface area contributed by atoms with Crippen molar-refractivity contribution in [2.45, 2.75) is 13.0 Å². The van der Waals surface area contributed by atoms with E-state index in [-0.39, 0.29) is 17.9 Å². The van der Waals surface area contributed by atoms with Crippen LogP contribution in [0.4, 0.5) is 14.5 Å². The number of nitrogens with zero attached hydrogens (tertiary/aromatic N) is 3. The molecular weight excluding hydrogens is 455 g/mol. The van der Waals surface area contributed by atoms with Crippen LogP contribution in [-0.2, 0) is 4.79 Å². The van der Waals surface area contributed by atoms with Crippen molar-refractivity contribution in [1.82, 2.24) is 0 Å². The third-order valence-electron chi connectivity index (χ3n) is 3.85. The fraction of sp³-hybridized carbons (Fsp3) is 0.150. The molecule has 0 atom stereocenters. The number of halogens is 4. The highest BCUT2D eigenvalue weighted by atomic mass is 35.5. The number of aliphatic imine (C=N–C) groups is 1. The van der Waals surface area contributed by atoms with Gasteiger partial charge in [-0.3, -0.25) is 9.69 Å². The standard InChI is InChI=1S/C20H13Cl2F2N3O2S/c21-13-3-2-12(16(22)11-13)10-17-18(28)27(20(26-17)30-9-1-8-25)14-4-6-15(7-5-14)29-19(23)24/h2-7,10-11,19H,1,9H2/b17-10+. The topological polar surface area (TPSA) is 65.7 Å². The number of carbonyl (C=O) groups excluding carboxylic acids is 1. The van der Waals surface area contributed by atoms with E-state index in [1.54, 1.807) is 24.3 Å². The fourth-order valence-corrected chi connectivity index (χ4v) is 3.87. The van der Waals surface area contributed by atoms with Crippen molar-refractivity contribution in [1.29, 1.82) is 5.26 Å². The van der Waals surface area contributed by atoms with Gasteiger partial charge in [0.05, 0.1) is 11.8 Å². The van der Waals surface area contributed by atoms with Gasteiger partial charge in [-0.15, -0.1) is 0 Å². The van der Waals surface area contributed by atoms with Crippen LogP contribution in [-0.4, -0.2) is 23.4 Å². The molecule has 0 saturated carbocycles. The van der Waals surface area contributed by atoms with Crippen molar-refractivity contribution < 1.29 is 18.3 Å². The molecule has 154 valence electrons. The van der Waals surface area contributed by atoms with Gasteiger partial charge in [-0.2, -0.15) is 14.0 Å². The molecule has 0 fully saturated rings. The van der Waals surface area contributed by atoms with Crippen molar-refractivity contribution in [3.8, 4) is 11.8 Å². The molecule has 1 amide bonds. The molecule has 0 saturated heterocycles. The highest BCUT2D eigenvalue weighted by molar-refractivity contribution is 8.14. The molecule has 3 rings (SSSR count). The van der Waals surface area contributed by atoms with Gasteiger partial charge in [-0.1, -0.05) is 41.0 Å². The van der Waals surface area contributed by atoms with E-state index in [4.69, 9.17) is 28.5 Å². The number of thioether (sulfide) groups is 1. The van der Waals surface area contributed by atoms with Crippen LogP contribution in [0.5, 0.6) is 5.75 Å². The van der Waals surface area contributed by atoms with Crippen molar-refractivity contribution in [2.24, 2.45) is 4.99 Å². The van der Waals surface area contributed by atoms with Crippen LogP contribution in [0.25, 0.3) is 6.08 Å². The minimum Gasteiger partial charge on any atom is -0.435 e. The van der Waals surface area contributed by atoms with E-state index < -0.39 is 12.5 Å². The summed E-state index contributed by atoms with van der Waals surface area (Å²) in [5, 5.41) is 9.98. The molecule has 1 aliphatic heterocycles. The summed E-state index contributed by atoms with van der Waals surface area (Å²) in [7, 11) is 0. The van der Waals surface area contributed by atoms with E-state index >= 15 is 0 Å². The number of hydrogen-bond acceptors (Lipinski definition) is 5. The molecule has 0 aliphatic carbocycles. The number of benzene rings is 2. The first kappa shape index (κ1) is 22.1. The van der Waals surface area contributed by atoms with Crippen LogP contribution in [0.1, 0.15) is 12.0 Å². The van der Waals surface area contributed by atoms with Crippen LogP contribution in [0.3, 0.4) is 0 Å². The van der Waals surface area contributed by atoms with Gasteiger partial charge >= 0.3 is 6.61 Å². The number of amidine groups is 1. The Morgan fingerprint density at radius 3 is 2.60 bits per heavy atom. The number of hydrogen-bond donors (Lipinski definition) is 0. The predicted molar refractivity (Wildman–Crippen MR) is 115 cm³/mol. The van der Waals surface area contributed by atoms with Gasteiger partial charge in [-0.05, 0) is 48.0 Å². The minimum absolute atomic E-state index is 0.0280. The first-order chi connectivity index (χ1) is 14.4. The van der Waals surface area contributed by atoms with Crippen molar-refractivity contribution >= 4 is 57.8 Å². The maximum Gasteiger partial charge on any atom is 0.387 e. The predicted octanol–water partition coefficient (Wildman–Crippen LogP) is 5.99. The number of carbonyl (C=O) groups is 1. The van der Waals surface area contributed by atoms with Crippen molar-refractivity contribution in [3.63, 3.8) is 0 Å². The summed E-state index contributed by atoms with van der Waals surface area (Å²) in [5.74, 6) is -0.0107. The molecule has 2 aromatic carbocycles. The quantitative estimate of drug-likeness (QED) is 0.386. The number of alkyl halides is 2. The van der Waals surface area contributed by atoms with Gasteiger partial charge < -0.3 is 4.74 Å². The second-order valence-electron chi connectivity index (χ2n) is 5.86. The van der Waals surface area contributed by atoms with Gasteiger partial charge in [-0.25, -0.2) is 4.99 Å². The van der Waals surface area contributed by atoms with Crippen LogP contribution < -0.4 is 9.64 Å². The maximum absolute atomic E-state index is 13.0. The summed E-state index contributed by atoms with van der Waals surface area (Å²) < 4.78 is 29.1. The Bertz CT molecular complexity index is 1050. The highest BCUT2D eigenvalue weighted by Gasteiger charge is 2.32. The Labute approximate surface area is 185 Å². The molecule has 0 N–H and O–H groups in total. The molecule has 30 heavy (non-hydrogen) atoms. The molecule has 1 aliphatic rings. The molecule has 0 radical (unpaired) electrons.